The number of thiophene rings is 1. The third-order valence-corrected chi connectivity index (χ3v) is 8.09. The molecule has 0 saturated carbocycles. The first-order valence-corrected chi connectivity index (χ1v) is 12.7. The quantitative estimate of drug-likeness (QED) is 0.185. The maximum absolute atomic E-state index is 12.7. The number of carbonyl (C=O) groups is 1. The molecular formula is C21H21ClN2O2S3. The van der Waals surface area contributed by atoms with Gasteiger partial charge in [-0.2, -0.15) is 0 Å². The monoisotopic (exact) mass is 464 g/mol. The Labute approximate surface area is 187 Å². The summed E-state index contributed by atoms with van der Waals surface area (Å²) in [6.07, 6.45) is 3.77. The minimum Gasteiger partial charge on any atom is -0.369 e. The van der Waals surface area contributed by atoms with Crippen LogP contribution in [0, 0.1) is 0 Å². The van der Waals surface area contributed by atoms with E-state index < -0.39 is 0 Å². The molecule has 0 fully saturated rings. The molecule has 152 valence electrons. The number of fused-ring (bicyclic) bond motifs is 3. The van der Waals surface area contributed by atoms with Crippen molar-refractivity contribution in [2.75, 3.05) is 12.0 Å². The van der Waals surface area contributed by atoms with E-state index in [1.165, 1.54) is 34.0 Å². The van der Waals surface area contributed by atoms with Crippen molar-refractivity contribution in [2.45, 2.75) is 49.1 Å². The first kappa shape index (κ1) is 21.1. The summed E-state index contributed by atoms with van der Waals surface area (Å²) >= 11 is 10.6. The van der Waals surface area contributed by atoms with Crippen molar-refractivity contribution < 1.29 is 9.53 Å². The number of hydrogen-bond donors (Lipinski definition) is 0. The fourth-order valence-corrected chi connectivity index (χ4v) is 6.02. The number of rotatable bonds is 6. The highest BCUT2D eigenvalue weighted by Crippen LogP contribution is 2.43. The average molecular weight is 465 g/mol. The Hall–Kier alpha value is -1.12. The standard InChI is InChI=1S/C21H21ClN2O2S3/c1-4-21(2)9-14-16(10-26-21)29-19-17(14)18(23-20(24-19)27-3)28-11-15(25)12-5-7-13(22)8-6-12/h5-8H,4,9-11H2,1-3H3/t21-/m1/s1. The second-order valence-electron chi connectivity index (χ2n) is 7.19. The van der Waals surface area contributed by atoms with Crippen LogP contribution in [0.1, 0.15) is 41.1 Å². The smallest absolute Gasteiger partial charge is 0.189 e. The Kier molecular flexibility index (Phi) is 6.23. The summed E-state index contributed by atoms with van der Waals surface area (Å²) in [5.41, 5.74) is 1.78. The Bertz CT molecular complexity index is 1070. The van der Waals surface area contributed by atoms with Gasteiger partial charge < -0.3 is 4.74 Å². The van der Waals surface area contributed by atoms with E-state index >= 15 is 0 Å². The van der Waals surface area contributed by atoms with Gasteiger partial charge in [-0.25, -0.2) is 9.97 Å². The molecule has 1 aromatic carbocycles. The Morgan fingerprint density at radius 3 is 2.76 bits per heavy atom. The van der Waals surface area contributed by atoms with E-state index in [4.69, 9.17) is 26.3 Å². The van der Waals surface area contributed by atoms with Gasteiger partial charge in [-0.3, -0.25) is 4.79 Å². The lowest BCUT2D eigenvalue weighted by Gasteiger charge is -2.33. The molecule has 1 aliphatic rings. The topological polar surface area (TPSA) is 52.1 Å². The third kappa shape index (κ3) is 4.35. The van der Waals surface area contributed by atoms with Gasteiger partial charge in [-0.15, -0.1) is 11.3 Å². The summed E-state index contributed by atoms with van der Waals surface area (Å²) in [6.45, 7) is 4.93. The Morgan fingerprint density at radius 2 is 2.07 bits per heavy atom. The molecule has 0 saturated heterocycles. The number of ether oxygens (including phenoxy) is 1. The van der Waals surface area contributed by atoms with Crippen molar-refractivity contribution in [2.24, 2.45) is 0 Å². The normalized spacial score (nSPS) is 18.8. The lowest BCUT2D eigenvalue weighted by molar-refractivity contribution is -0.0543. The van der Waals surface area contributed by atoms with Crippen molar-refractivity contribution in [1.82, 2.24) is 9.97 Å². The minimum atomic E-state index is -0.166. The first-order chi connectivity index (χ1) is 13.9. The molecule has 3 heterocycles. The van der Waals surface area contributed by atoms with Crippen LogP contribution >= 0.6 is 46.5 Å². The lowest BCUT2D eigenvalue weighted by atomic mass is 9.90. The zero-order chi connectivity index (χ0) is 20.6. The molecule has 29 heavy (non-hydrogen) atoms. The molecule has 3 aromatic rings. The summed E-state index contributed by atoms with van der Waals surface area (Å²) < 4.78 is 6.12. The highest BCUT2D eigenvalue weighted by atomic mass is 35.5. The summed E-state index contributed by atoms with van der Waals surface area (Å²) in [4.78, 5) is 24.4. The van der Waals surface area contributed by atoms with E-state index in [1.807, 2.05) is 6.26 Å². The molecule has 0 unspecified atom stereocenters. The van der Waals surface area contributed by atoms with Crippen LogP contribution in [0.15, 0.2) is 34.4 Å². The van der Waals surface area contributed by atoms with Gasteiger partial charge in [0.15, 0.2) is 10.9 Å². The molecule has 4 rings (SSSR count). The van der Waals surface area contributed by atoms with Gasteiger partial charge in [-0.05, 0) is 49.4 Å². The fourth-order valence-electron chi connectivity index (χ4n) is 3.30. The van der Waals surface area contributed by atoms with Crippen molar-refractivity contribution >= 4 is 62.5 Å². The molecule has 8 heteroatoms. The van der Waals surface area contributed by atoms with Crippen LogP contribution in [-0.2, 0) is 17.8 Å². The van der Waals surface area contributed by atoms with Crippen molar-refractivity contribution in [3.63, 3.8) is 0 Å². The number of benzene rings is 1. The highest BCUT2D eigenvalue weighted by molar-refractivity contribution is 8.00. The number of hydrogen-bond acceptors (Lipinski definition) is 7. The van der Waals surface area contributed by atoms with Crippen LogP contribution in [0.5, 0.6) is 0 Å². The van der Waals surface area contributed by atoms with Gasteiger partial charge in [-0.1, -0.05) is 42.0 Å². The SMILES string of the molecule is CC[C@]1(C)Cc2c(sc3nc(SC)nc(SCC(=O)c4ccc(Cl)cc4)c23)CO1. The van der Waals surface area contributed by atoms with Gasteiger partial charge in [0.2, 0.25) is 0 Å². The molecule has 1 aliphatic heterocycles. The van der Waals surface area contributed by atoms with E-state index in [0.717, 1.165) is 33.2 Å². The van der Waals surface area contributed by atoms with Crippen LogP contribution in [-0.4, -0.2) is 33.4 Å². The van der Waals surface area contributed by atoms with Gasteiger partial charge >= 0.3 is 0 Å². The minimum absolute atomic E-state index is 0.0648. The van der Waals surface area contributed by atoms with Crippen LogP contribution in [0.3, 0.4) is 0 Å². The number of ketones is 1. The molecule has 4 nitrogen and oxygen atoms in total. The average Bonchev–Trinajstić information content (AvgIpc) is 3.09. The molecule has 0 radical (unpaired) electrons. The number of thioether (sulfide) groups is 2. The molecular weight excluding hydrogens is 444 g/mol. The fraction of sp³-hybridized carbons (Fsp3) is 0.381. The zero-order valence-corrected chi connectivity index (χ0v) is 19.7. The van der Waals surface area contributed by atoms with E-state index in [1.54, 1.807) is 35.6 Å². The van der Waals surface area contributed by atoms with Crippen molar-refractivity contribution in [3.05, 3.63) is 45.3 Å². The van der Waals surface area contributed by atoms with Crippen LogP contribution in [0.4, 0.5) is 0 Å². The van der Waals surface area contributed by atoms with Crippen LogP contribution in [0.25, 0.3) is 10.2 Å². The van der Waals surface area contributed by atoms with Gasteiger partial charge in [0, 0.05) is 27.3 Å². The van der Waals surface area contributed by atoms with Gasteiger partial charge in [0.05, 0.1) is 18.0 Å². The van der Waals surface area contributed by atoms with E-state index in [9.17, 15) is 4.79 Å². The predicted octanol–water partition coefficient (Wildman–Crippen LogP) is 6.28. The second-order valence-corrected chi connectivity index (χ2v) is 10.4. The van der Waals surface area contributed by atoms with Crippen LogP contribution < -0.4 is 0 Å². The first-order valence-electron chi connectivity index (χ1n) is 9.34. The Balaban J connectivity index is 1.68. The molecule has 1 atom stereocenters. The zero-order valence-electron chi connectivity index (χ0n) is 16.5. The summed E-state index contributed by atoms with van der Waals surface area (Å²) in [6, 6.07) is 7.03. The molecule has 2 aromatic heterocycles. The molecule has 0 spiro atoms. The Morgan fingerprint density at radius 1 is 1.31 bits per heavy atom. The number of Topliss-reactive ketones (excluding diaryl/α,β-unsaturated/α-hetero) is 1. The van der Waals surface area contributed by atoms with Crippen molar-refractivity contribution in [1.29, 1.82) is 0 Å². The predicted molar refractivity (Wildman–Crippen MR) is 123 cm³/mol. The molecule has 0 amide bonds. The number of halogens is 1. The van der Waals surface area contributed by atoms with Gasteiger partial charge in [0.1, 0.15) is 9.86 Å². The highest BCUT2D eigenvalue weighted by Gasteiger charge is 2.33. The maximum atomic E-state index is 12.7. The summed E-state index contributed by atoms with van der Waals surface area (Å²) in [5, 5.41) is 3.35. The summed E-state index contributed by atoms with van der Waals surface area (Å²) in [5.74, 6) is 0.392. The molecule has 0 N–H and O–H groups in total. The van der Waals surface area contributed by atoms with Crippen molar-refractivity contribution in [3.8, 4) is 0 Å². The van der Waals surface area contributed by atoms with Gasteiger partial charge in [0.25, 0.3) is 0 Å². The maximum Gasteiger partial charge on any atom is 0.189 e. The number of aromatic nitrogens is 2. The van der Waals surface area contributed by atoms with Crippen LogP contribution in [0.2, 0.25) is 5.02 Å². The molecule has 0 bridgehead atoms. The largest absolute Gasteiger partial charge is 0.369 e. The summed E-state index contributed by atoms with van der Waals surface area (Å²) in [7, 11) is 0. The van der Waals surface area contributed by atoms with E-state index in [0.29, 0.717) is 22.9 Å². The van der Waals surface area contributed by atoms with E-state index in [2.05, 4.69) is 13.8 Å². The lowest BCUT2D eigenvalue weighted by Crippen LogP contribution is -2.33. The third-order valence-electron chi connectivity index (χ3n) is 5.22. The number of carbonyl (C=O) groups excluding carboxylic acids is 1. The van der Waals surface area contributed by atoms with E-state index in [-0.39, 0.29) is 11.4 Å². The second kappa shape index (κ2) is 8.55. The number of nitrogens with zero attached hydrogens (tertiary/aromatic N) is 2. The molecule has 0 aliphatic carbocycles.